The van der Waals surface area contributed by atoms with Crippen LogP contribution in [0.25, 0.3) is 0 Å². The van der Waals surface area contributed by atoms with Gasteiger partial charge < -0.3 is 9.80 Å². The number of urea groups is 2. The van der Waals surface area contributed by atoms with Crippen molar-refractivity contribution >= 4 is 35.4 Å². The van der Waals surface area contributed by atoms with Crippen LogP contribution >= 0.6 is 0 Å². The number of amidine groups is 4. The summed E-state index contributed by atoms with van der Waals surface area (Å²) in [6.45, 7) is 10.9. The molecule has 0 spiro atoms. The Kier molecular flexibility index (Phi) is 15.4. The van der Waals surface area contributed by atoms with E-state index in [2.05, 4.69) is 10.6 Å². The molecule has 0 atom stereocenters. The molecule has 0 bridgehead atoms. The minimum atomic E-state index is -0.218. The van der Waals surface area contributed by atoms with Gasteiger partial charge in [-0.15, -0.1) is 0 Å². The highest BCUT2D eigenvalue weighted by Crippen LogP contribution is 2.13. The summed E-state index contributed by atoms with van der Waals surface area (Å²) in [6, 6.07) is 46.5. The summed E-state index contributed by atoms with van der Waals surface area (Å²) in [7, 11) is 0. The van der Waals surface area contributed by atoms with E-state index < -0.39 is 0 Å². The molecule has 0 saturated carbocycles. The van der Waals surface area contributed by atoms with Gasteiger partial charge in [-0.3, -0.25) is 20.6 Å². The summed E-state index contributed by atoms with van der Waals surface area (Å²) in [6.07, 6.45) is 0. The second-order valence-electron chi connectivity index (χ2n) is 12.7. The fourth-order valence-electron chi connectivity index (χ4n) is 5.75. The van der Waals surface area contributed by atoms with Gasteiger partial charge in [-0.25, -0.2) is 19.6 Å². The van der Waals surface area contributed by atoms with Crippen molar-refractivity contribution in [1.29, 1.82) is 0 Å². The maximum absolute atomic E-state index is 13.2. The molecule has 0 aliphatic heterocycles. The molecule has 0 radical (unpaired) electrons. The van der Waals surface area contributed by atoms with E-state index in [0.29, 0.717) is 62.6 Å². The average Bonchev–Trinajstić information content (AvgIpc) is 3.25. The molecule has 0 unspecified atom stereocenters. The van der Waals surface area contributed by atoms with Crippen molar-refractivity contribution in [2.24, 2.45) is 20.0 Å². The number of nitrogens with zero attached hydrogens (tertiary/aromatic N) is 6. The molecule has 10 heteroatoms. The molecule has 2 N–H and O–H groups in total. The van der Waals surface area contributed by atoms with Crippen LogP contribution < -0.4 is 10.6 Å². The Bertz CT molecular complexity index is 1950. The van der Waals surface area contributed by atoms with Crippen LogP contribution in [0.5, 0.6) is 0 Å². The van der Waals surface area contributed by atoms with Crippen LogP contribution in [0.1, 0.15) is 61.1 Å². The van der Waals surface area contributed by atoms with E-state index in [-0.39, 0.29) is 12.1 Å². The Labute approximate surface area is 330 Å². The van der Waals surface area contributed by atoms with Gasteiger partial charge in [0.15, 0.2) is 11.7 Å². The van der Waals surface area contributed by atoms with Crippen LogP contribution in [0.3, 0.4) is 0 Å². The Morgan fingerprint density at radius 1 is 0.429 bits per heavy atom. The van der Waals surface area contributed by atoms with Crippen molar-refractivity contribution in [2.75, 3.05) is 26.2 Å². The van der Waals surface area contributed by atoms with E-state index in [4.69, 9.17) is 20.0 Å². The van der Waals surface area contributed by atoms with Crippen molar-refractivity contribution in [3.63, 3.8) is 0 Å². The predicted octanol–water partition coefficient (Wildman–Crippen LogP) is 8.58. The predicted molar refractivity (Wildman–Crippen MR) is 229 cm³/mol. The minimum absolute atomic E-state index is 0.218. The minimum Gasteiger partial charge on any atom is -0.325 e. The fourth-order valence-corrected chi connectivity index (χ4v) is 5.75. The molecule has 5 aromatic carbocycles. The highest BCUT2D eigenvalue weighted by molar-refractivity contribution is 6.16. The summed E-state index contributed by atoms with van der Waals surface area (Å²) in [4.78, 5) is 49.6. The van der Waals surface area contributed by atoms with Crippen LogP contribution in [-0.4, -0.2) is 71.4 Å². The van der Waals surface area contributed by atoms with Gasteiger partial charge in [-0.2, -0.15) is 0 Å². The van der Waals surface area contributed by atoms with Gasteiger partial charge in [0.05, 0.1) is 13.1 Å². The molecule has 0 aromatic heterocycles. The Hall–Kier alpha value is -6.68. The molecule has 5 aromatic rings. The van der Waals surface area contributed by atoms with Crippen molar-refractivity contribution in [3.05, 3.63) is 179 Å². The van der Waals surface area contributed by atoms with E-state index in [1.165, 1.54) is 0 Å². The van der Waals surface area contributed by atoms with Crippen LogP contribution in [0.2, 0.25) is 0 Å². The topological polar surface area (TPSA) is 114 Å². The summed E-state index contributed by atoms with van der Waals surface area (Å²) in [5.41, 5.74) is 5.20. The largest absolute Gasteiger partial charge is 0.325 e. The Morgan fingerprint density at radius 2 is 0.714 bits per heavy atom. The van der Waals surface area contributed by atoms with Gasteiger partial charge in [0.25, 0.3) is 0 Å². The zero-order valence-electron chi connectivity index (χ0n) is 32.6. The van der Waals surface area contributed by atoms with Crippen LogP contribution in [-0.2, 0) is 13.1 Å². The molecule has 0 heterocycles. The number of hydrogen-bond donors (Lipinski definition) is 2. The number of nitrogens with one attached hydrogen (secondary N) is 2. The molecule has 0 aliphatic rings. The lowest BCUT2D eigenvalue weighted by Crippen LogP contribution is -2.43. The maximum Gasteiger partial charge on any atom is 0.323 e. The lowest BCUT2D eigenvalue weighted by molar-refractivity contribution is 0.207. The lowest BCUT2D eigenvalue weighted by Gasteiger charge is -2.20. The normalized spacial score (nSPS) is 12.2. The van der Waals surface area contributed by atoms with E-state index >= 15 is 0 Å². The molecule has 10 nitrogen and oxygen atoms in total. The maximum atomic E-state index is 13.2. The standard InChI is InChI=1S/C46H50N8O2/c1-5-53(6-2)45(55)51-43(39-25-17-11-18-26-39)49-41(37-21-13-9-14-22-37)47-33-35-29-31-36(32-30-35)34-48-42(38-23-15-10-16-24-38)50-44(40-27-19-12-20-28-40)52-46(56)54(7-3)8-4/h9-32H,5-8,33-34H2,1-4H3,(H,47,49,51,55)(H,48,50,52,56). The highest BCUT2D eigenvalue weighted by atomic mass is 16.2. The molecule has 286 valence electrons. The molecular formula is C46H50N8O2. The number of benzene rings is 5. The van der Waals surface area contributed by atoms with Crippen LogP contribution in [0.15, 0.2) is 166 Å². The van der Waals surface area contributed by atoms with Crippen LogP contribution in [0.4, 0.5) is 9.59 Å². The van der Waals surface area contributed by atoms with E-state index in [9.17, 15) is 9.59 Å². The van der Waals surface area contributed by atoms with Crippen molar-refractivity contribution in [3.8, 4) is 0 Å². The average molecular weight is 747 g/mol. The van der Waals surface area contributed by atoms with Gasteiger partial charge in [-0.1, -0.05) is 146 Å². The second kappa shape index (κ2) is 21.3. The quantitative estimate of drug-likeness (QED) is 0.0984. The number of aliphatic imine (C=N–C) groups is 4. The van der Waals surface area contributed by atoms with E-state index in [1.54, 1.807) is 9.80 Å². The molecule has 0 aliphatic carbocycles. The first kappa shape index (κ1) is 40.5. The third kappa shape index (κ3) is 11.7. The summed E-state index contributed by atoms with van der Waals surface area (Å²) < 4.78 is 0. The first-order valence-electron chi connectivity index (χ1n) is 19.1. The van der Waals surface area contributed by atoms with Gasteiger partial charge >= 0.3 is 12.1 Å². The number of carbonyl (C=O) groups is 2. The zero-order valence-corrected chi connectivity index (χ0v) is 32.6. The van der Waals surface area contributed by atoms with Gasteiger partial charge in [0.2, 0.25) is 0 Å². The monoisotopic (exact) mass is 746 g/mol. The summed E-state index contributed by atoms with van der Waals surface area (Å²) in [5, 5.41) is 6.06. The molecule has 0 fully saturated rings. The number of hydrogen-bond acceptors (Lipinski definition) is 4. The van der Waals surface area contributed by atoms with Gasteiger partial charge in [0, 0.05) is 48.4 Å². The summed E-state index contributed by atoms with van der Waals surface area (Å²) in [5.74, 6) is 1.87. The summed E-state index contributed by atoms with van der Waals surface area (Å²) >= 11 is 0. The third-order valence-electron chi connectivity index (χ3n) is 8.99. The van der Waals surface area contributed by atoms with Crippen molar-refractivity contribution < 1.29 is 9.59 Å². The molecule has 4 amide bonds. The Balaban J connectivity index is 1.43. The van der Waals surface area contributed by atoms with E-state index in [1.807, 2.05) is 173 Å². The molecule has 5 rings (SSSR count). The number of carbonyl (C=O) groups excluding carboxylic acids is 2. The highest BCUT2D eigenvalue weighted by Gasteiger charge is 2.17. The SMILES string of the molecule is CCN(CC)C(=O)NC(=NC(=NCc1ccc(CN=C(N=C(NC(=O)N(CC)CC)c2ccccc2)c2ccccc2)cc1)c1ccccc1)c1ccccc1. The first-order chi connectivity index (χ1) is 27.4. The smallest absolute Gasteiger partial charge is 0.323 e. The molecule has 0 saturated heterocycles. The second-order valence-corrected chi connectivity index (χ2v) is 12.7. The number of rotatable bonds is 12. The fraction of sp³-hybridized carbons (Fsp3) is 0.217. The number of amides is 4. The van der Waals surface area contributed by atoms with E-state index in [0.717, 1.165) is 33.4 Å². The van der Waals surface area contributed by atoms with Gasteiger partial charge in [0.1, 0.15) is 11.7 Å². The Morgan fingerprint density at radius 3 is 1.00 bits per heavy atom. The van der Waals surface area contributed by atoms with Gasteiger partial charge in [-0.05, 0) is 38.8 Å². The van der Waals surface area contributed by atoms with Crippen molar-refractivity contribution in [2.45, 2.75) is 40.8 Å². The lowest BCUT2D eigenvalue weighted by atomic mass is 10.1. The third-order valence-corrected chi connectivity index (χ3v) is 8.99. The van der Waals surface area contributed by atoms with Crippen molar-refractivity contribution in [1.82, 2.24) is 20.4 Å². The molecule has 56 heavy (non-hydrogen) atoms. The molecular weight excluding hydrogens is 697 g/mol. The zero-order chi connectivity index (χ0) is 39.5. The first-order valence-corrected chi connectivity index (χ1v) is 19.1. The van der Waals surface area contributed by atoms with Crippen LogP contribution in [0, 0.1) is 0 Å².